The lowest BCUT2D eigenvalue weighted by Crippen LogP contribution is -2.32. The van der Waals surface area contributed by atoms with E-state index in [1.165, 1.54) is 0 Å². The highest BCUT2D eigenvalue weighted by Gasteiger charge is 2.32. The van der Waals surface area contributed by atoms with Crippen LogP contribution in [0.4, 0.5) is 5.69 Å². The first-order chi connectivity index (χ1) is 8.13. The third-order valence-electron chi connectivity index (χ3n) is 2.71. The number of carbonyl (C=O) groups is 1. The van der Waals surface area contributed by atoms with Gasteiger partial charge >= 0.3 is 5.97 Å². The molecule has 1 fully saturated rings. The van der Waals surface area contributed by atoms with Crippen LogP contribution in [0.3, 0.4) is 0 Å². The van der Waals surface area contributed by atoms with Gasteiger partial charge in [0, 0.05) is 6.04 Å². The van der Waals surface area contributed by atoms with E-state index in [1.54, 1.807) is 23.1 Å². The third-order valence-corrected chi connectivity index (χ3v) is 3.02. The molecule has 0 saturated heterocycles. The maximum absolute atomic E-state index is 10.8. The number of carboxylic acids is 1. The molecule has 0 aliphatic heterocycles. The van der Waals surface area contributed by atoms with Crippen LogP contribution >= 0.6 is 11.6 Å². The molecule has 17 heavy (non-hydrogen) atoms. The van der Waals surface area contributed by atoms with Crippen molar-refractivity contribution in [2.24, 2.45) is 0 Å². The highest BCUT2D eigenvalue weighted by molar-refractivity contribution is 6.32. The fourth-order valence-corrected chi connectivity index (χ4v) is 2.02. The van der Waals surface area contributed by atoms with Gasteiger partial charge in [0.15, 0.2) is 0 Å². The average molecular weight is 251 g/mol. The molecular weight excluding hydrogens is 240 g/mol. The number of halogens is 1. The Bertz CT molecular complexity index is 492. The molecule has 0 amide bonds. The molecule has 0 radical (unpaired) electrons. The predicted molar refractivity (Wildman–Crippen MR) is 64.2 cm³/mol. The molecule has 1 aliphatic carbocycles. The highest BCUT2D eigenvalue weighted by atomic mass is 35.5. The Morgan fingerprint density at radius 1 is 1.59 bits per heavy atom. The van der Waals surface area contributed by atoms with Crippen molar-refractivity contribution in [3.63, 3.8) is 0 Å². The zero-order valence-electron chi connectivity index (χ0n) is 9.06. The van der Waals surface area contributed by atoms with E-state index < -0.39 is 5.97 Å². The summed E-state index contributed by atoms with van der Waals surface area (Å²) in [5.41, 5.74) is 0.965. The molecule has 0 aromatic heterocycles. The second-order valence-electron chi connectivity index (χ2n) is 4.00. The SMILES string of the molecule is N#Cc1c(Cl)cccc1N(CC(=O)O)C1CC1. The van der Waals surface area contributed by atoms with Crippen LogP contribution < -0.4 is 4.90 Å². The van der Waals surface area contributed by atoms with Crippen molar-refractivity contribution in [2.45, 2.75) is 18.9 Å². The molecule has 4 nitrogen and oxygen atoms in total. The normalized spacial score (nSPS) is 14.1. The van der Waals surface area contributed by atoms with Crippen molar-refractivity contribution >= 4 is 23.3 Å². The molecule has 0 atom stereocenters. The first kappa shape index (κ1) is 11.7. The fourth-order valence-electron chi connectivity index (χ4n) is 1.81. The minimum Gasteiger partial charge on any atom is -0.480 e. The van der Waals surface area contributed by atoms with Gasteiger partial charge in [-0.1, -0.05) is 17.7 Å². The molecule has 1 aliphatic rings. The molecule has 1 saturated carbocycles. The Labute approximate surface area is 104 Å². The Morgan fingerprint density at radius 2 is 2.29 bits per heavy atom. The summed E-state index contributed by atoms with van der Waals surface area (Å²) in [7, 11) is 0. The largest absolute Gasteiger partial charge is 0.480 e. The summed E-state index contributed by atoms with van der Waals surface area (Å²) in [6.45, 7) is -0.0975. The van der Waals surface area contributed by atoms with Gasteiger partial charge in [0.1, 0.15) is 12.6 Å². The van der Waals surface area contributed by atoms with Crippen molar-refractivity contribution < 1.29 is 9.90 Å². The monoisotopic (exact) mass is 250 g/mol. The number of anilines is 1. The van der Waals surface area contributed by atoms with Crippen LogP contribution in [-0.4, -0.2) is 23.7 Å². The lowest BCUT2D eigenvalue weighted by atomic mass is 10.1. The summed E-state index contributed by atoms with van der Waals surface area (Å²) in [6.07, 6.45) is 1.93. The maximum atomic E-state index is 10.8. The number of benzene rings is 1. The summed E-state index contributed by atoms with van der Waals surface area (Å²) in [5, 5.41) is 18.3. The smallest absolute Gasteiger partial charge is 0.323 e. The molecule has 5 heteroatoms. The van der Waals surface area contributed by atoms with Gasteiger partial charge in [0.05, 0.1) is 16.3 Å². The van der Waals surface area contributed by atoms with Crippen molar-refractivity contribution in [3.05, 3.63) is 28.8 Å². The lowest BCUT2D eigenvalue weighted by molar-refractivity contribution is -0.135. The van der Waals surface area contributed by atoms with Gasteiger partial charge in [-0.2, -0.15) is 5.26 Å². The van der Waals surface area contributed by atoms with Gasteiger partial charge in [-0.15, -0.1) is 0 Å². The Morgan fingerprint density at radius 3 is 2.82 bits per heavy atom. The number of nitriles is 1. The Hall–Kier alpha value is -1.73. The zero-order chi connectivity index (χ0) is 12.4. The molecule has 1 aromatic rings. The minimum absolute atomic E-state index is 0.0975. The standard InChI is InChI=1S/C12H11ClN2O2/c13-10-2-1-3-11(9(10)6-14)15(7-12(16)17)8-4-5-8/h1-3,8H,4-5,7H2,(H,16,17). The van der Waals surface area contributed by atoms with Gasteiger partial charge in [0.25, 0.3) is 0 Å². The van der Waals surface area contributed by atoms with E-state index in [-0.39, 0.29) is 12.6 Å². The molecule has 1 N–H and O–H groups in total. The second-order valence-corrected chi connectivity index (χ2v) is 4.41. The first-order valence-electron chi connectivity index (χ1n) is 5.30. The van der Waals surface area contributed by atoms with Gasteiger partial charge in [-0.05, 0) is 25.0 Å². The number of carboxylic acid groups (broad SMARTS) is 1. The molecular formula is C12H11ClN2O2. The fraction of sp³-hybridized carbons (Fsp3) is 0.333. The van der Waals surface area contributed by atoms with E-state index >= 15 is 0 Å². The summed E-state index contributed by atoms with van der Waals surface area (Å²) in [6, 6.07) is 7.36. The number of rotatable bonds is 4. The summed E-state index contributed by atoms with van der Waals surface area (Å²) in [4.78, 5) is 12.6. The number of nitrogens with zero attached hydrogens (tertiary/aromatic N) is 2. The van der Waals surface area contributed by atoms with Crippen LogP contribution in [0, 0.1) is 11.3 Å². The van der Waals surface area contributed by atoms with Crippen LogP contribution in [-0.2, 0) is 4.79 Å². The average Bonchev–Trinajstić information content (AvgIpc) is 3.09. The van der Waals surface area contributed by atoms with E-state index in [0.29, 0.717) is 16.3 Å². The lowest BCUT2D eigenvalue weighted by Gasteiger charge is -2.23. The maximum Gasteiger partial charge on any atom is 0.323 e. The molecule has 1 aromatic carbocycles. The number of hydrogen-bond donors (Lipinski definition) is 1. The molecule has 88 valence electrons. The van der Waals surface area contributed by atoms with Gasteiger partial charge < -0.3 is 10.0 Å². The van der Waals surface area contributed by atoms with Crippen molar-refractivity contribution in [3.8, 4) is 6.07 Å². The topological polar surface area (TPSA) is 64.3 Å². The number of hydrogen-bond acceptors (Lipinski definition) is 3. The summed E-state index contributed by atoms with van der Waals surface area (Å²) >= 11 is 5.94. The van der Waals surface area contributed by atoms with Crippen LogP contribution in [0.25, 0.3) is 0 Å². The second kappa shape index (κ2) is 4.64. The van der Waals surface area contributed by atoms with Crippen molar-refractivity contribution in [2.75, 3.05) is 11.4 Å². The van der Waals surface area contributed by atoms with Crippen molar-refractivity contribution in [1.82, 2.24) is 0 Å². The van der Waals surface area contributed by atoms with Gasteiger partial charge in [0.2, 0.25) is 0 Å². The van der Waals surface area contributed by atoms with E-state index in [2.05, 4.69) is 0 Å². The number of aliphatic carboxylic acids is 1. The summed E-state index contributed by atoms with van der Waals surface area (Å²) < 4.78 is 0. The van der Waals surface area contributed by atoms with Gasteiger partial charge in [-0.3, -0.25) is 4.79 Å². The Kier molecular flexibility index (Phi) is 3.21. The first-order valence-corrected chi connectivity index (χ1v) is 5.68. The van der Waals surface area contributed by atoms with E-state index in [1.807, 2.05) is 6.07 Å². The van der Waals surface area contributed by atoms with E-state index in [9.17, 15) is 4.79 Å². The molecule has 0 spiro atoms. The molecule has 0 unspecified atom stereocenters. The Balaban J connectivity index is 2.39. The quantitative estimate of drug-likeness (QED) is 0.890. The molecule has 0 heterocycles. The molecule has 0 bridgehead atoms. The summed E-state index contributed by atoms with van der Waals surface area (Å²) in [5.74, 6) is -0.902. The van der Waals surface area contributed by atoms with Gasteiger partial charge in [-0.25, -0.2) is 0 Å². The van der Waals surface area contributed by atoms with Crippen molar-refractivity contribution in [1.29, 1.82) is 5.26 Å². The third kappa shape index (κ3) is 2.51. The zero-order valence-corrected chi connectivity index (χ0v) is 9.81. The van der Waals surface area contributed by atoms with E-state index in [4.69, 9.17) is 22.0 Å². The van der Waals surface area contributed by atoms with Crippen LogP contribution in [0.15, 0.2) is 18.2 Å². The van der Waals surface area contributed by atoms with Crippen LogP contribution in [0.5, 0.6) is 0 Å². The van der Waals surface area contributed by atoms with E-state index in [0.717, 1.165) is 12.8 Å². The van der Waals surface area contributed by atoms with Crippen LogP contribution in [0.1, 0.15) is 18.4 Å². The highest BCUT2D eigenvalue weighted by Crippen LogP contribution is 2.35. The van der Waals surface area contributed by atoms with Crippen LogP contribution in [0.2, 0.25) is 5.02 Å². The molecule has 2 rings (SSSR count). The minimum atomic E-state index is -0.902. The predicted octanol–water partition coefficient (Wildman–Crippen LogP) is 2.27.